The zero-order valence-electron chi connectivity index (χ0n) is 25.2. The number of carbonyl (C=O) groups excluding carboxylic acids is 3. The highest BCUT2D eigenvalue weighted by Crippen LogP contribution is 2.52. The first-order valence-corrected chi connectivity index (χ1v) is 16.8. The number of hydrogen-bond acceptors (Lipinski definition) is 16. The molecule has 2 fully saturated rings. The molecule has 2 aromatic rings. The summed E-state index contributed by atoms with van der Waals surface area (Å²) in [6, 6.07) is 1.28. The number of aliphatic carboxylic acids is 2. The number of rotatable bonds is 14. The number of aromatic nitrogens is 1. The number of fused-ring (bicyclic) bond motifs is 1. The van der Waals surface area contributed by atoms with E-state index in [1.165, 1.54) is 37.2 Å². The van der Waals surface area contributed by atoms with Crippen LogP contribution in [0.1, 0.15) is 25.1 Å². The molecule has 48 heavy (non-hydrogen) atoms. The lowest BCUT2D eigenvalue weighted by molar-refractivity contribution is -0.161. The molecule has 3 amide bonds. The largest absolute Gasteiger partial charge is 0.504 e. The van der Waals surface area contributed by atoms with Crippen molar-refractivity contribution in [2.75, 3.05) is 31.6 Å². The Morgan fingerprint density at radius 3 is 2.54 bits per heavy atom. The van der Waals surface area contributed by atoms with Crippen LogP contribution in [0, 0.1) is 0 Å². The topological polar surface area (TPSA) is 278 Å². The number of aromatic hydroxyl groups is 2. The van der Waals surface area contributed by atoms with Crippen LogP contribution in [0.15, 0.2) is 27.8 Å². The van der Waals surface area contributed by atoms with Crippen LogP contribution in [0.4, 0.5) is 5.13 Å². The molecule has 2 aliphatic rings. The molecule has 4 rings (SSSR count). The SMILES string of the molecule is CN/N=C(\C(=O)NCCS[C@]1(C(=O)O)CN2C(=O)[C@@H](NC(=O)/C(=N\OC(C)(C)C(=O)O)c3csc(N)n3)[C@H]2S1)c1ccc(O)c(O)c1Cl. The summed E-state index contributed by atoms with van der Waals surface area (Å²) in [7, 11) is 1.43. The molecular formula is C26H29ClN8O10S3. The molecule has 0 radical (unpaired) electrons. The highest BCUT2D eigenvalue weighted by Gasteiger charge is 2.62. The van der Waals surface area contributed by atoms with Gasteiger partial charge in [0.05, 0.1) is 11.6 Å². The number of nitrogens with two attached hydrogens (primary N) is 1. The molecule has 0 saturated carbocycles. The van der Waals surface area contributed by atoms with E-state index in [9.17, 15) is 44.4 Å². The third kappa shape index (κ3) is 7.32. The van der Waals surface area contributed by atoms with Crippen LogP contribution in [-0.2, 0) is 28.8 Å². The number of benzene rings is 1. The van der Waals surface area contributed by atoms with Crippen LogP contribution in [0.2, 0.25) is 5.02 Å². The third-order valence-electron chi connectivity index (χ3n) is 6.81. The van der Waals surface area contributed by atoms with E-state index in [2.05, 4.69) is 31.3 Å². The number of nitrogens with one attached hydrogen (secondary N) is 3. The number of thioether (sulfide) groups is 2. The Labute approximate surface area is 289 Å². The van der Waals surface area contributed by atoms with Gasteiger partial charge in [0.15, 0.2) is 32.1 Å². The number of hydrazone groups is 1. The van der Waals surface area contributed by atoms with E-state index in [0.29, 0.717) is 0 Å². The lowest BCUT2D eigenvalue weighted by atomic mass is 10.1. The van der Waals surface area contributed by atoms with Gasteiger partial charge in [0.2, 0.25) is 11.5 Å². The van der Waals surface area contributed by atoms with Crippen LogP contribution < -0.4 is 21.8 Å². The fourth-order valence-electron chi connectivity index (χ4n) is 4.23. The summed E-state index contributed by atoms with van der Waals surface area (Å²) in [5.74, 6) is -5.82. The highest BCUT2D eigenvalue weighted by molar-refractivity contribution is 8.20. The molecular weight excluding hydrogens is 716 g/mol. The molecule has 9 N–H and O–H groups in total. The quantitative estimate of drug-likeness (QED) is 0.0416. The summed E-state index contributed by atoms with van der Waals surface area (Å²) in [4.78, 5) is 73.5. The molecule has 2 aliphatic heterocycles. The number of β-lactam (4-membered cyclic amide) rings is 1. The average Bonchev–Trinajstić information content (AvgIpc) is 3.62. The number of halogens is 1. The van der Waals surface area contributed by atoms with Crippen molar-refractivity contribution in [1.29, 1.82) is 0 Å². The second kappa shape index (κ2) is 14.3. The number of oxime groups is 1. The molecule has 22 heteroatoms. The number of hydrogen-bond donors (Lipinski definition) is 8. The van der Waals surface area contributed by atoms with Crippen LogP contribution in [0.25, 0.3) is 0 Å². The van der Waals surface area contributed by atoms with Crippen LogP contribution >= 0.6 is 46.5 Å². The molecule has 0 bridgehead atoms. The van der Waals surface area contributed by atoms with Crippen molar-refractivity contribution in [3.63, 3.8) is 0 Å². The molecule has 1 aromatic carbocycles. The first-order chi connectivity index (χ1) is 22.5. The number of amides is 3. The van der Waals surface area contributed by atoms with Gasteiger partial charge in [0.1, 0.15) is 17.1 Å². The van der Waals surface area contributed by atoms with Gasteiger partial charge >= 0.3 is 11.9 Å². The Morgan fingerprint density at radius 2 is 1.94 bits per heavy atom. The van der Waals surface area contributed by atoms with Gasteiger partial charge in [0.25, 0.3) is 11.8 Å². The maximum atomic E-state index is 13.3. The van der Waals surface area contributed by atoms with Crippen molar-refractivity contribution >= 4 is 92.7 Å². The number of phenols is 2. The zero-order chi connectivity index (χ0) is 35.6. The normalized spacial score (nSPS) is 20.8. The Balaban J connectivity index is 1.41. The number of carboxylic acid groups (broad SMARTS) is 2. The van der Waals surface area contributed by atoms with Gasteiger partial charge in [-0.05, 0) is 26.0 Å². The Hall–Kier alpha value is -4.47. The fourth-order valence-corrected chi connectivity index (χ4v) is 8.06. The van der Waals surface area contributed by atoms with Crippen molar-refractivity contribution in [2.24, 2.45) is 10.3 Å². The number of carboxylic acids is 2. The van der Waals surface area contributed by atoms with Crippen LogP contribution in [0.3, 0.4) is 0 Å². The molecule has 0 unspecified atom stereocenters. The summed E-state index contributed by atoms with van der Waals surface area (Å²) < 4.78 is -1.55. The maximum absolute atomic E-state index is 13.3. The first-order valence-electron chi connectivity index (χ1n) is 13.6. The van der Waals surface area contributed by atoms with Crippen molar-refractivity contribution < 1.29 is 49.2 Å². The minimum Gasteiger partial charge on any atom is -0.504 e. The van der Waals surface area contributed by atoms with E-state index >= 15 is 0 Å². The number of nitrogens with zero attached hydrogens (tertiary/aromatic N) is 4. The van der Waals surface area contributed by atoms with Crippen molar-refractivity contribution in [2.45, 2.75) is 34.9 Å². The molecule has 258 valence electrons. The summed E-state index contributed by atoms with van der Waals surface area (Å²) in [5, 5.41) is 52.2. The van der Waals surface area contributed by atoms with Gasteiger partial charge in [-0.3, -0.25) is 14.4 Å². The van der Waals surface area contributed by atoms with Gasteiger partial charge in [-0.2, -0.15) is 5.10 Å². The average molecular weight is 745 g/mol. The second-order valence-corrected chi connectivity index (χ2v) is 14.8. The summed E-state index contributed by atoms with van der Waals surface area (Å²) in [6.45, 7) is 2.20. The van der Waals surface area contributed by atoms with Gasteiger partial charge in [-0.25, -0.2) is 14.6 Å². The zero-order valence-corrected chi connectivity index (χ0v) is 28.4. The molecule has 1 aromatic heterocycles. The van der Waals surface area contributed by atoms with Crippen LogP contribution in [-0.4, -0.2) is 118 Å². The predicted octanol–water partition coefficient (Wildman–Crippen LogP) is 0.0277. The van der Waals surface area contributed by atoms with Crippen molar-refractivity contribution in [1.82, 2.24) is 25.9 Å². The Kier molecular flexibility index (Phi) is 10.9. The van der Waals surface area contributed by atoms with Crippen LogP contribution in [0.5, 0.6) is 11.5 Å². The number of nitrogen functional groups attached to an aromatic ring is 1. The van der Waals surface area contributed by atoms with Gasteiger partial charge in [0, 0.05) is 30.3 Å². The minimum atomic E-state index is -1.81. The fraction of sp³-hybridized carbons (Fsp3) is 0.385. The lowest BCUT2D eigenvalue weighted by Crippen LogP contribution is -2.68. The standard InChI is InChI=1S/C26H29ClN8O10S3/c1-25(2,22(41)42)45-34-15(11-8-46-24(28)31-11)19(39)32-16-20(40)35-9-26(23(43)44,48-21(16)35)47-7-6-30-18(38)14(33-29-3)10-4-5-12(36)17(37)13(10)27/h4-5,8,16,21,29,36-37H,6-7,9H2,1-3H3,(H2,28,31)(H,30,38)(H,32,39)(H,41,42)(H,43,44)/b33-14-,34-15-/t16-,21-,26-/m1/s1. The van der Waals surface area contributed by atoms with E-state index in [1.807, 2.05) is 0 Å². The number of phenolic OH excluding ortho intramolecular Hbond substituents is 2. The van der Waals surface area contributed by atoms with Gasteiger partial charge in [-0.15, -0.1) is 34.9 Å². The molecule has 0 spiro atoms. The maximum Gasteiger partial charge on any atom is 0.350 e. The smallest absolute Gasteiger partial charge is 0.350 e. The highest BCUT2D eigenvalue weighted by atomic mass is 35.5. The second-order valence-electron chi connectivity index (χ2n) is 10.5. The number of carbonyl (C=O) groups is 5. The molecule has 0 aliphatic carbocycles. The predicted molar refractivity (Wildman–Crippen MR) is 177 cm³/mol. The third-order valence-corrected chi connectivity index (χ3v) is 11.1. The molecule has 18 nitrogen and oxygen atoms in total. The Morgan fingerprint density at radius 1 is 1.23 bits per heavy atom. The van der Waals surface area contributed by atoms with E-state index in [1.54, 1.807) is 0 Å². The molecule has 3 heterocycles. The Bertz CT molecular complexity index is 1720. The van der Waals surface area contributed by atoms with E-state index in [-0.39, 0.29) is 46.0 Å². The minimum absolute atomic E-state index is 0.0243. The molecule has 2 saturated heterocycles. The van der Waals surface area contributed by atoms with E-state index in [0.717, 1.165) is 40.9 Å². The first kappa shape index (κ1) is 36.4. The van der Waals surface area contributed by atoms with Crippen molar-refractivity contribution in [3.05, 3.63) is 33.8 Å². The summed E-state index contributed by atoms with van der Waals surface area (Å²) >= 11 is 8.97. The number of thiazole rings is 1. The van der Waals surface area contributed by atoms with E-state index in [4.69, 9.17) is 22.2 Å². The van der Waals surface area contributed by atoms with Gasteiger partial charge in [-0.1, -0.05) is 16.8 Å². The lowest BCUT2D eigenvalue weighted by Gasteiger charge is -2.41. The van der Waals surface area contributed by atoms with E-state index < -0.39 is 68.0 Å². The number of anilines is 1. The molecule has 3 atom stereocenters. The summed E-state index contributed by atoms with van der Waals surface area (Å²) in [6.07, 6.45) is 0. The van der Waals surface area contributed by atoms with Gasteiger partial charge < -0.3 is 52.0 Å². The monoisotopic (exact) mass is 744 g/mol. The summed E-state index contributed by atoms with van der Waals surface area (Å²) in [5.41, 5.74) is 5.69. The van der Waals surface area contributed by atoms with Crippen molar-refractivity contribution in [3.8, 4) is 11.5 Å².